The number of hydrogen-bond acceptors (Lipinski definition) is 1. The molecule has 1 nitrogen and oxygen atoms in total. The van der Waals surface area contributed by atoms with Crippen molar-refractivity contribution in [3.05, 3.63) is 0 Å². The average Bonchev–Trinajstić information content (AvgIpc) is 3.14. The minimum Gasteiger partial charge on any atom is -0.443 e. The van der Waals surface area contributed by atoms with Gasteiger partial charge in [-0.3, -0.25) is 0 Å². The number of fused-ring (bicyclic) bond motifs is 5. The molecule has 0 spiro atoms. The van der Waals surface area contributed by atoms with E-state index in [-0.39, 0.29) is 0 Å². The second-order valence-electron chi connectivity index (χ2n) is 13.7. The van der Waals surface area contributed by atoms with Gasteiger partial charge in [-0.25, -0.2) is 0 Å². The first-order chi connectivity index (χ1) is 15.8. The molecule has 4 aliphatic rings. The summed E-state index contributed by atoms with van der Waals surface area (Å²) in [7, 11) is 0. The molecule has 33 heavy (non-hydrogen) atoms. The maximum absolute atomic E-state index is 6.03. The molecule has 0 bridgehead atoms. The van der Waals surface area contributed by atoms with Gasteiger partial charge >= 0.3 is 0 Å². The Labute approximate surface area is 206 Å². The van der Waals surface area contributed by atoms with Crippen molar-refractivity contribution in [3.63, 3.8) is 0 Å². The predicted molar refractivity (Wildman–Crippen MR) is 141 cm³/mol. The van der Waals surface area contributed by atoms with Crippen molar-refractivity contribution in [2.45, 2.75) is 138 Å². The summed E-state index contributed by atoms with van der Waals surface area (Å²) in [4.78, 5) is 0. The van der Waals surface area contributed by atoms with Crippen LogP contribution in [0.25, 0.3) is 0 Å². The van der Waals surface area contributed by atoms with Crippen molar-refractivity contribution >= 4 is 0 Å². The van der Waals surface area contributed by atoms with Crippen LogP contribution in [0.2, 0.25) is 0 Å². The molecule has 0 heterocycles. The molecule has 0 N–H and O–H groups in total. The SMILES string of the molecule is CCCC#CO[C@H]1CC[C@@]2(C)[C@@H](CC[C@@H]3[C@@H]2CC[C@]2(C)[C@@H]([C@H](C)CCCC(C)C)CC[C@@H]32)C1. The van der Waals surface area contributed by atoms with E-state index in [0.717, 1.165) is 54.3 Å². The highest BCUT2D eigenvalue weighted by Crippen LogP contribution is 2.68. The van der Waals surface area contributed by atoms with Crippen LogP contribution in [0.4, 0.5) is 0 Å². The van der Waals surface area contributed by atoms with Gasteiger partial charge in [-0.15, -0.1) is 0 Å². The zero-order valence-electron chi connectivity index (χ0n) is 22.9. The Balaban J connectivity index is 1.39. The highest BCUT2D eigenvalue weighted by molar-refractivity contribution is 5.10. The minimum absolute atomic E-state index is 0.389. The van der Waals surface area contributed by atoms with Crippen molar-refractivity contribution in [1.29, 1.82) is 0 Å². The van der Waals surface area contributed by atoms with Crippen molar-refractivity contribution in [2.75, 3.05) is 0 Å². The number of rotatable bonds is 7. The summed E-state index contributed by atoms with van der Waals surface area (Å²) in [5, 5.41) is 0. The molecule has 0 aromatic heterocycles. The van der Waals surface area contributed by atoms with Gasteiger partial charge in [0.05, 0.1) is 0 Å². The van der Waals surface area contributed by atoms with E-state index in [4.69, 9.17) is 4.74 Å². The van der Waals surface area contributed by atoms with Crippen molar-refractivity contribution < 1.29 is 4.74 Å². The molecule has 0 amide bonds. The monoisotopic (exact) mass is 454 g/mol. The van der Waals surface area contributed by atoms with E-state index in [1.165, 1.54) is 77.0 Å². The molecule has 0 aromatic rings. The maximum Gasteiger partial charge on any atom is 0.111 e. The molecule has 4 rings (SSSR count). The van der Waals surface area contributed by atoms with E-state index >= 15 is 0 Å². The van der Waals surface area contributed by atoms with Crippen LogP contribution in [0.3, 0.4) is 0 Å². The van der Waals surface area contributed by atoms with Gasteiger partial charge in [0.1, 0.15) is 12.2 Å². The zero-order valence-corrected chi connectivity index (χ0v) is 22.9. The van der Waals surface area contributed by atoms with Gasteiger partial charge in [0.2, 0.25) is 0 Å². The first kappa shape index (κ1) is 25.5. The largest absolute Gasteiger partial charge is 0.443 e. The summed E-state index contributed by atoms with van der Waals surface area (Å²) < 4.78 is 6.03. The molecule has 0 unspecified atom stereocenters. The fourth-order valence-electron chi connectivity index (χ4n) is 9.65. The molecule has 4 saturated carbocycles. The van der Waals surface area contributed by atoms with Gasteiger partial charge in [-0.1, -0.05) is 66.7 Å². The Bertz CT molecular complexity index is 699. The molecule has 0 saturated heterocycles. The fraction of sp³-hybridized carbons (Fsp3) is 0.938. The number of ether oxygens (including phenoxy) is 1. The second kappa shape index (κ2) is 10.5. The van der Waals surface area contributed by atoms with Crippen LogP contribution in [0.5, 0.6) is 0 Å². The van der Waals surface area contributed by atoms with E-state index in [9.17, 15) is 0 Å². The van der Waals surface area contributed by atoms with Crippen LogP contribution >= 0.6 is 0 Å². The van der Waals surface area contributed by atoms with Gasteiger partial charge < -0.3 is 4.74 Å². The molecule has 9 atom stereocenters. The molecule has 0 aliphatic heterocycles. The second-order valence-corrected chi connectivity index (χ2v) is 13.7. The zero-order chi connectivity index (χ0) is 23.6. The molecule has 4 aliphatic carbocycles. The quantitative estimate of drug-likeness (QED) is 0.348. The minimum atomic E-state index is 0.389. The van der Waals surface area contributed by atoms with Crippen LogP contribution in [-0.2, 0) is 4.74 Å². The third-order valence-corrected chi connectivity index (χ3v) is 11.5. The number of unbranched alkanes of at least 4 members (excludes halogenated alkanes) is 1. The summed E-state index contributed by atoms with van der Waals surface area (Å²) in [5.74, 6) is 9.79. The smallest absolute Gasteiger partial charge is 0.111 e. The first-order valence-corrected chi connectivity index (χ1v) is 14.9. The highest BCUT2D eigenvalue weighted by atomic mass is 16.5. The Morgan fingerprint density at radius 3 is 2.39 bits per heavy atom. The Hall–Kier alpha value is -0.640. The van der Waals surface area contributed by atoms with Crippen LogP contribution in [0, 0.1) is 64.3 Å². The molecule has 0 aromatic carbocycles. The van der Waals surface area contributed by atoms with Crippen LogP contribution < -0.4 is 0 Å². The van der Waals surface area contributed by atoms with Crippen LogP contribution in [-0.4, -0.2) is 6.10 Å². The number of hydrogen-bond donors (Lipinski definition) is 0. The van der Waals surface area contributed by atoms with Crippen LogP contribution in [0.1, 0.15) is 131 Å². The van der Waals surface area contributed by atoms with Crippen molar-refractivity contribution in [3.8, 4) is 12.0 Å². The predicted octanol–water partition coefficient (Wildman–Crippen LogP) is 9.25. The molecule has 4 fully saturated rings. The summed E-state index contributed by atoms with van der Waals surface area (Å²) >= 11 is 0. The van der Waals surface area contributed by atoms with Crippen molar-refractivity contribution in [1.82, 2.24) is 0 Å². The molecule has 0 radical (unpaired) electrons. The standard InChI is InChI=1S/C32H54O/c1-7-8-9-21-33-26-17-19-31(5)25(22-26)13-14-27-29-16-15-28(24(4)12-10-11-23(2)3)32(29,6)20-18-30(27)31/h23-30H,7-8,10-20,22H2,1-6H3/t24-,25+,26+,27+,28-,29+,30+,31+,32-/m1/s1. The topological polar surface area (TPSA) is 9.23 Å². The van der Waals surface area contributed by atoms with E-state index in [1.54, 1.807) is 0 Å². The van der Waals surface area contributed by atoms with Crippen molar-refractivity contribution in [2.24, 2.45) is 52.3 Å². The highest BCUT2D eigenvalue weighted by Gasteiger charge is 2.60. The Kier molecular flexibility index (Phi) is 8.13. The van der Waals surface area contributed by atoms with E-state index in [0.29, 0.717) is 16.9 Å². The van der Waals surface area contributed by atoms with Gasteiger partial charge in [-0.2, -0.15) is 0 Å². The van der Waals surface area contributed by atoms with Gasteiger partial charge in [0, 0.05) is 6.42 Å². The van der Waals surface area contributed by atoms with Crippen LogP contribution in [0.15, 0.2) is 0 Å². The Morgan fingerprint density at radius 2 is 1.64 bits per heavy atom. The van der Waals surface area contributed by atoms with E-state index in [2.05, 4.69) is 53.6 Å². The third-order valence-electron chi connectivity index (χ3n) is 11.5. The molecule has 188 valence electrons. The van der Waals surface area contributed by atoms with Gasteiger partial charge in [0.15, 0.2) is 0 Å². The molecule has 1 heteroatoms. The summed E-state index contributed by atoms with van der Waals surface area (Å²) in [5.41, 5.74) is 1.18. The van der Waals surface area contributed by atoms with E-state index in [1.807, 2.05) is 0 Å². The lowest BCUT2D eigenvalue weighted by molar-refractivity contribution is -0.129. The third kappa shape index (κ3) is 5.02. The molecular weight excluding hydrogens is 400 g/mol. The average molecular weight is 455 g/mol. The molecular formula is C32H54O. The lowest BCUT2D eigenvalue weighted by Crippen LogP contribution is -2.54. The van der Waals surface area contributed by atoms with Gasteiger partial charge in [0.25, 0.3) is 0 Å². The first-order valence-electron chi connectivity index (χ1n) is 14.9. The summed E-state index contributed by atoms with van der Waals surface area (Å²) in [6.07, 6.45) is 22.7. The lowest BCUT2D eigenvalue weighted by Gasteiger charge is -2.61. The van der Waals surface area contributed by atoms with Gasteiger partial charge in [-0.05, 0) is 116 Å². The lowest BCUT2D eigenvalue weighted by atomic mass is 9.44. The normalized spacial score (nSPS) is 43.1. The summed E-state index contributed by atoms with van der Waals surface area (Å²) in [6.45, 7) is 15.0. The maximum atomic E-state index is 6.03. The summed E-state index contributed by atoms with van der Waals surface area (Å²) in [6, 6.07) is 0. The Morgan fingerprint density at radius 1 is 0.879 bits per heavy atom. The fourth-order valence-corrected chi connectivity index (χ4v) is 9.65. The van der Waals surface area contributed by atoms with E-state index < -0.39 is 0 Å².